The van der Waals surface area contributed by atoms with Gasteiger partial charge < -0.3 is 10.1 Å². The minimum Gasteiger partial charge on any atom is -0.477 e. The molecule has 0 atom stereocenters. The number of aromatic carboxylic acids is 1. The van der Waals surface area contributed by atoms with Crippen molar-refractivity contribution >= 4 is 16.0 Å². The standard InChI is InChI=1S/C10H10N4O4S/c15-10(16)9-4-8(6-11-9)19(17,18)13-5-7-2-1-3-12-14-7/h1-4,6,11,13H,5H2,(H,15,16). The van der Waals surface area contributed by atoms with Crippen molar-refractivity contribution in [1.29, 1.82) is 0 Å². The van der Waals surface area contributed by atoms with E-state index in [1.165, 1.54) is 6.20 Å². The highest BCUT2D eigenvalue weighted by atomic mass is 32.2. The Hall–Kier alpha value is -2.26. The molecule has 2 rings (SSSR count). The van der Waals surface area contributed by atoms with Gasteiger partial charge >= 0.3 is 5.97 Å². The number of hydrogen-bond acceptors (Lipinski definition) is 5. The lowest BCUT2D eigenvalue weighted by Crippen LogP contribution is -2.23. The van der Waals surface area contributed by atoms with Crippen molar-refractivity contribution in [2.75, 3.05) is 0 Å². The molecule has 0 fully saturated rings. The first-order valence-corrected chi connectivity index (χ1v) is 6.65. The maximum atomic E-state index is 11.9. The highest BCUT2D eigenvalue weighted by Crippen LogP contribution is 2.11. The Morgan fingerprint density at radius 3 is 2.84 bits per heavy atom. The number of carboxylic acids is 1. The van der Waals surface area contributed by atoms with Crippen molar-refractivity contribution in [3.8, 4) is 0 Å². The Balaban J connectivity index is 2.12. The van der Waals surface area contributed by atoms with Gasteiger partial charge in [-0.3, -0.25) is 0 Å². The fraction of sp³-hybridized carbons (Fsp3) is 0.100. The molecular weight excluding hydrogens is 272 g/mol. The van der Waals surface area contributed by atoms with Crippen LogP contribution >= 0.6 is 0 Å². The molecule has 0 saturated carbocycles. The van der Waals surface area contributed by atoms with E-state index >= 15 is 0 Å². The third-order valence-electron chi connectivity index (χ3n) is 2.27. The Kier molecular flexibility index (Phi) is 3.58. The summed E-state index contributed by atoms with van der Waals surface area (Å²) in [5.41, 5.74) is 0.264. The van der Waals surface area contributed by atoms with Gasteiger partial charge in [-0.05, 0) is 18.2 Å². The predicted octanol–water partition coefficient (Wildman–Crippen LogP) is -0.0186. The summed E-state index contributed by atoms with van der Waals surface area (Å²) in [7, 11) is -3.78. The van der Waals surface area contributed by atoms with Crippen molar-refractivity contribution in [1.82, 2.24) is 19.9 Å². The van der Waals surface area contributed by atoms with Crippen molar-refractivity contribution in [2.24, 2.45) is 0 Å². The van der Waals surface area contributed by atoms with Crippen molar-refractivity contribution in [3.05, 3.63) is 42.0 Å². The third kappa shape index (κ3) is 3.14. The molecule has 0 saturated heterocycles. The maximum Gasteiger partial charge on any atom is 0.352 e. The second-order valence-corrected chi connectivity index (χ2v) is 5.36. The molecule has 100 valence electrons. The van der Waals surface area contributed by atoms with Crippen LogP contribution in [-0.4, -0.2) is 34.7 Å². The fourth-order valence-electron chi connectivity index (χ4n) is 1.33. The molecular formula is C10H10N4O4S. The van der Waals surface area contributed by atoms with Gasteiger partial charge in [-0.15, -0.1) is 0 Å². The number of sulfonamides is 1. The molecule has 0 radical (unpaired) electrons. The minimum atomic E-state index is -3.78. The summed E-state index contributed by atoms with van der Waals surface area (Å²) in [4.78, 5) is 12.9. The molecule has 0 aliphatic heterocycles. The number of hydrogen-bond donors (Lipinski definition) is 3. The molecule has 3 N–H and O–H groups in total. The van der Waals surface area contributed by atoms with Gasteiger partial charge in [0.25, 0.3) is 0 Å². The van der Waals surface area contributed by atoms with E-state index in [1.54, 1.807) is 12.1 Å². The van der Waals surface area contributed by atoms with Crippen LogP contribution in [0.25, 0.3) is 0 Å². The molecule has 0 bridgehead atoms. The first-order chi connectivity index (χ1) is 8.99. The number of carbonyl (C=O) groups is 1. The summed E-state index contributed by atoms with van der Waals surface area (Å²) >= 11 is 0. The molecule has 9 heteroatoms. The van der Waals surface area contributed by atoms with Crippen LogP contribution in [0.4, 0.5) is 0 Å². The molecule has 0 aliphatic carbocycles. The highest BCUT2D eigenvalue weighted by Gasteiger charge is 2.18. The molecule has 0 unspecified atom stereocenters. The zero-order valence-corrected chi connectivity index (χ0v) is 10.4. The van der Waals surface area contributed by atoms with E-state index in [2.05, 4.69) is 19.9 Å². The highest BCUT2D eigenvalue weighted by molar-refractivity contribution is 7.89. The van der Waals surface area contributed by atoms with Crippen LogP contribution in [0.2, 0.25) is 0 Å². The Labute approximate surface area is 108 Å². The number of rotatable bonds is 5. The summed E-state index contributed by atoms with van der Waals surface area (Å²) in [6, 6.07) is 4.30. The molecule has 0 amide bonds. The Bertz CT molecular complexity index is 681. The van der Waals surface area contributed by atoms with Gasteiger partial charge in [-0.1, -0.05) is 0 Å². The molecule has 2 aromatic heterocycles. The third-order valence-corrected chi connectivity index (χ3v) is 3.65. The number of nitrogens with one attached hydrogen (secondary N) is 2. The van der Waals surface area contributed by atoms with Gasteiger partial charge in [0.2, 0.25) is 10.0 Å². The summed E-state index contributed by atoms with van der Waals surface area (Å²) in [5, 5.41) is 16.1. The molecule has 0 aromatic carbocycles. The molecule has 19 heavy (non-hydrogen) atoms. The van der Waals surface area contributed by atoms with E-state index in [0.29, 0.717) is 5.69 Å². The van der Waals surface area contributed by atoms with E-state index in [4.69, 9.17) is 5.11 Å². The van der Waals surface area contributed by atoms with Crippen LogP contribution in [0, 0.1) is 0 Å². The van der Waals surface area contributed by atoms with Crippen LogP contribution in [0.1, 0.15) is 16.2 Å². The lowest BCUT2D eigenvalue weighted by molar-refractivity contribution is 0.0691. The van der Waals surface area contributed by atoms with Gasteiger partial charge in [0, 0.05) is 12.4 Å². The van der Waals surface area contributed by atoms with E-state index in [-0.39, 0.29) is 17.1 Å². The normalized spacial score (nSPS) is 11.4. The van der Waals surface area contributed by atoms with Gasteiger partial charge in [0.15, 0.2) is 0 Å². The van der Waals surface area contributed by atoms with Gasteiger partial charge in [0.05, 0.1) is 12.2 Å². The van der Waals surface area contributed by atoms with Gasteiger partial charge in [-0.2, -0.15) is 10.2 Å². The number of aromatic amines is 1. The van der Waals surface area contributed by atoms with Gasteiger partial charge in [0.1, 0.15) is 10.6 Å². The second-order valence-electron chi connectivity index (χ2n) is 3.59. The van der Waals surface area contributed by atoms with Crippen LogP contribution in [0.15, 0.2) is 35.5 Å². The van der Waals surface area contributed by atoms with Crippen molar-refractivity contribution in [2.45, 2.75) is 11.4 Å². The Morgan fingerprint density at radius 1 is 1.47 bits per heavy atom. The molecule has 0 spiro atoms. The van der Waals surface area contributed by atoms with E-state index < -0.39 is 16.0 Å². The lowest BCUT2D eigenvalue weighted by atomic mass is 10.4. The first-order valence-electron chi connectivity index (χ1n) is 5.17. The number of H-pyrrole nitrogens is 1. The summed E-state index contributed by atoms with van der Waals surface area (Å²) in [6.45, 7) is -0.0240. The summed E-state index contributed by atoms with van der Waals surface area (Å²) in [6.07, 6.45) is 2.59. The molecule has 8 nitrogen and oxygen atoms in total. The average molecular weight is 282 g/mol. The maximum absolute atomic E-state index is 11.9. The zero-order chi connectivity index (χ0) is 13.9. The van der Waals surface area contributed by atoms with Crippen LogP contribution in [0.3, 0.4) is 0 Å². The van der Waals surface area contributed by atoms with E-state index in [1.807, 2.05) is 0 Å². The van der Waals surface area contributed by atoms with Gasteiger partial charge in [-0.25, -0.2) is 17.9 Å². The largest absolute Gasteiger partial charge is 0.477 e. The minimum absolute atomic E-state index is 0.0240. The molecule has 2 heterocycles. The predicted molar refractivity (Wildman–Crippen MR) is 63.8 cm³/mol. The van der Waals surface area contributed by atoms with Crippen LogP contribution in [0.5, 0.6) is 0 Å². The summed E-state index contributed by atoms with van der Waals surface area (Å²) < 4.78 is 26.0. The quantitative estimate of drug-likeness (QED) is 0.707. The first kappa shape index (κ1) is 13.2. The summed E-state index contributed by atoms with van der Waals surface area (Å²) in [5.74, 6) is -1.23. The van der Waals surface area contributed by atoms with E-state index in [9.17, 15) is 13.2 Å². The Morgan fingerprint density at radius 2 is 2.26 bits per heavy atom. The van der Waals surface area contributed by atoms with Crippen molar-refractivity contribution < 1.29 is 18.3 Å². The van der Waals surface area contributed by atoms with Crippen LogP contribution < -0.4 is 4.72 Å². The monoisotopic (exact) mass is 282 g/mol. The van der Waals surface area contributed by atoms with E-state index in [0.717, 1.165) is 12.3 Å². The fourth-order valence-corrected chi connectivity index (χ4v) is 2.32. The van der Waals surface area contributed by atoms with Crippen molar-refractivity contribution in [3.63, 3.8) is 0 Å². The lowest BCUT2D eigenvalue weighted by Gasteiger charge is -2.03. The van der Waals surface area contributed by atoms with Crippen LogP contribution in [-0.2, 0) is 16.6 Å². The second kappa shape index (κ2) is 5.16. The SMILES string of the molecule is O=C(O)c1cc(S(=O)(=O)NCc2cccnn2)c[nH]1. The zero-order valence-electron chi connectivity index (χ0n) is 9.57. The smallest absolute Gasteiger partial charge is 0.352 e. The topological polar surface area (TPSA) is 125 Å². The molecule has 0 aliphatic rings. The number of nitrogens with zero attached hydrogens (tertiary/aromatic N) is 2. The average Bonchev–Trinajstić information content (AvgIpc) is 2.88. The number of carboxylic acid groups (broad SMARTS) is 1. The molecule has 2 aromatic rings. The number of aromatic nitrogens is 3.